The summed E-state index contributed by atoms with van der Waals surface area (Å²) in [6.45, 7) is 6.75. The molecule has 0 saturated carbocycles. The second-order valence-electron chi connectivity index (χ2n) is 6.57. The molecule has 0 aromatic heterocycles. The van der Waals surface area contributed by atoms with E-state index in [4.69, 9.17) is 4.74 Å². The first kappa shape index (κ1) is 20.7. The fourth-order valence-corrected chi connectivity index (χ4v) is 2.77. The molecule has 0 aliphatic heterocycles. The molecule has 0 aliphatic rings. The summed E-state index contributed by atoms with van der Waals surface area (Å²) in [5, 5.41) is 12.0. The second-order valence-corrected chi connectivity index (χ2v) is 8.83. The summed E-state index contributed by atoms with van der Waals surface area (Å²) in [5.41, 5.74) is -2.00. The normalized spacial score (nSPS) is 15.0. The third-order valence-electron chi connectivity index (χ3n) is 3.10. The van der Waals surface area contributed by atoms with Crippen LogP contribution in [0.25, 0.3) is 0 Å². The van der Waals surface area contributed by atoms with Crippen molar-refractivity contribution in [3.63, 3.8) is 0 Å². The summed E-state index contributed by atoms with van der Waals surface area (Å²) in [5.74, 6) is -1.36. The highest BCUT2D eigenvalue weighted by atomic mass is 32.2. The number of carboxylic acid groups (broad SMARTS) is 1. The lowest BCUT2D eigenvalue weighted by molar-refractivity contribution is -0.149. The van der Waals surface area contributed by atoms with Gasteiger partial charge in [-0.15, -0.1) is 0 Å². The lowest BCUT2D eigenvalue weighted by atomic mass is 9.80. The van der Waals surface area contributed by atoms with E-state index in [1.54, 1.807) is 20.8 Å². The average Bonchev–Trinajstić information content (AvgIpc) is 2.29. The minimum Gasteiger partial charge on any atom is -0.481 e. The maximum atomic E-state index is 11.7. The van der Waals surface area contributed by atoms with Crippen LogP contribution in [-0.4, -0.2) is 49.7 Å². The van der Waals surface area contributed by atoms with Gasteiger partial charge in [-0.05, 0) is 33.6 Å². The maximum Gasteiger partial charge on any atom is 0.407 e. The van der Waals surface area contributed by atoms with Crippen molar-refractivity contribution in [3.8, 4) is 0 Å². The largest absolute Gasteiger partial charge is 0.481 e. The van der Waals surface area contributed by atoms with Crippen molar-refractivity contribution in [2.45, 2.75) is 52.6 Å². The zero-order valence-corrected chi connectivity index (χ0v) is 14.7. The van der Waals surface area contributed by atoms with E-state index in [1.807, 2.05) is 6.92 Å². The van der Waals surface area contributed by atoms with Crippen LogP contribution < -0.4 is 5.32 Å². The van der Waals surface area contributed by atoms with Crippen molar-refractivity contribution in [3.05, 3.63) is 0 Å². The van der Waals surface area contributed by atoms with Crippen molar-refractivity contribution in [2.24, 2.45) is 5.41 Å². The zero-order valence-electron chi connectivity index (χ0n) is 13.9. The van der Waals surface area contributed by atoms with E-state index in [0.717, 1.165) is 6.26 Å². The minimum absolute atomic E-state index is 0.0508. The molecule has 0 bridgehead atoms. The number of aliphatic carboxylic acids is 1. The number of carbonyl (C=O) groups excluding carboxylic acids is 1. The fourth-order valence-electron chi connectivity index (χ4n) is 2.01. The summed E-state index contributed by atoms with van der Waals surface area (Å²) >= 11 is 0. The molecule has 2 N–H and O–H groups in total. The highest BCUT2D eigenvalue weighted by molar-refractivity contribution is 7.90. The first-order chi connectivity index (χ1) is 9.81. The van der Waals surface area contributed by atoms with E-state index < -0.39 is 32.9 Å². The molecule has 0 aromatic rings. The van der Waals surface area contributed by atoms with Crippen molar-refractivity contribution < 1.29 is 27.9 Å². The standard InChI is InChI=1S/C14H27NO6S/c1-6-7-14(11(16)17,8-9-22(5,19)20)10-15-12(18)21-13(2,3)4/h6-10H2,1-5H3,(H,15,18)(H,16,17). The van der Waals surface area contributed by atoms with Crippen molar-refractivity contribution in [1.29, 1.82) is 0 Å². The monoisotopic (exact) mass is 337 g/mol. The van der Waals surface area contributed by atoms with Crippen LogP contribution in [0.1, 0.15) is 47.0 Å². The molecule has 0 rings (SSSR count). The SMILES string of the molecule is CCCC(CCS(C)(=O)=O)(CNC(=O)OC(C)(C)C)C(=O)O. The Labute approximate surface area is 132 Å². The van der Waals surface area contributed by atoms with Gasteiger partial charge in [-0.1, -0.05) is 13.3 Å². The summed E-state index contributed by atoms with van der Waals surface area (Å²) < 4.78 is 27.7. The van der Waals surface area contributed by atoms with Gasteiger partial charge in [-0.3, -0.25) is 4.79 Å². The molecule has 0 radical (unpaired) electrons. The van der Waals surface area contributed by atoms with Crippen molar-refractivity contribution in [1.82, 2.24) is 5.32 Å². The molecule has 0 aliphatic carbocycles. The van der Waals surface area contributed by atoms with E-state index >= 15 is 0 Å². The van der Waals surface area contributed by atoms with Gasteiger partial charge in [0.2, 0.25) is 0 Å². The van der Waals surface area contributed by atoms with Gasteiger partial charge >= 0.3 is 12.1 Å². The van der Waals surface area contributed by atoms with Crippen LogP contribution in [0.2, 0.25) is 0 Å². The molecule has 1 amide bonds. The molecule has 0 heterocycles. The number of nitrogens with one attached hydrogen (secondary N) is 1. The topological polar surface area (TPSA) is 110 Å². The third kappa shape index (κ3) is 8.21. The Balaban J connectivity index is 5.00. The quantitative estimate of drug-likeness (QED) is 0.699. The van der Waals surface area contributed by atoms with Gasteiger partial charge in [-0.25, -0.2) is 13.2 Å². The summed E-state index contributed by atoms with van der Waals surface area (Å²) in [4.78, 5) is 23.3. The van der Waals surface area contributed by atoms with Gasteiger partial charge in [0.1, 0.15) is 15.4 Å². The Morgan fingerprint density at radius 1 is 1.18 bits per heavy atom. The number of carbonyl (C=O) groups is 2. The zero-order chi connectivity index (χ0) is 17.6. The molecule has 1 atom stereocenters. The third-order valence-corrected chi connectivity index (χ3v) is 4.05. The number of hydrogen-bond acceptors (Lipinski definition) is 5. The number of sulfone groups is 1. The Hall–Kier alpha value is -1.31. The van der Waals surface area contributed by atoms with Gasteiger partial charge in [0.25, 0.3) is 0 Å². The van der Waals surface area contributed by atoms with Crippen molar-refractivity contribution in [2.75, 3.05) is 18.6 Å². The number of alkyl carbamates (subject to hydrolysis) is 1. The first-order valence-corrected chi connectivity index (χ1v) is 9.25. The maximum absolute atomic E-state index is 11.7. The number of carboxylic acids is 1. The summed E-state index contributed by atoms with van der Waals surface area (Å²) in [7, 11) is -3.28. The van der Waals surface area contributed by atoms with E-state index in [-0.39, 0.29) is 25.1 Å². The molecule has 22 heavy (non-hydrogen) atoms. The molecule has 1 unspecified atom stereocenters. The lowest BCUT2D eigenvalue weighted by Crippen LogP contribution is -2.45. The summed E-state index contributed by atoms with van der Waals surface area (Å²) in [6.07, 6.45) is 1.13. The number of amides is 1. The Morgan fingerprint density at radius 3 is 2.09 bits per heavy atom. The van der Waals surface area contributed by atoms with E-state index in [2.05, 4.69) is 5.32 Å². The van der Waals surface area contributed by atoms with Gasteiger partial charge in [0.05, 0.1) is 11.2 Å². The molecule has 0 aromatic carbocycles. The average molecular weight is 337 g/mol. The molecule has 0 fully saturated rings. The molecule has 8 heteroatoms. The van der Waals surface area contributed by atoms with Crippen molar-refractivity contribution >= 4 is 21.9 Å². The fraction of sp³-hybridized carbons (Fsp3) is 0.857. The summed E-state index contributed by atoms with van der Waals surface area (Å²) in [6, 6.07) is 0. The number of ether oxygens (including phenoxy) is 1. The van der Waals surface area contributed by atoms with E-state index in [9.17, 15) is 23.1 Å². The minimum atomic E-state index is -3.28. The van der Waals surface area contributed by atoms with Crippen LogP contribution in [0.15, 0.2) is 0 Å². The van der Waals surface area contributed by atoms with Crippen LogP contribution >= 0.6 is 0 Å². The molecular weight excluding hydrogens is 310 g/mol. The Morgan fingerprint density at radius 2 is 1.73 bits per heavy atom. The second kappa shape index (κ2) is 7.80. The van der Waals surface area contributed by atoms with Gasteiger partial charge < -0.3 is 15.2 Å². The molecule has 7 nitrogen and oxygen atoms in total. The Bertz CT molecular complexity index is 494. The molecule has 0 spiro atoms. The smallest absolute Gasteiger partial charge is 0.407 e. The Kier molecular flexibility index (Phi) is 7.34. The highest BCUT2D eigenvalue weighted by Gasteiger charge is 2.39. The number of rotatable bonds is 8. The van der Waals surface area contributed by atoms with Crippen LogP contribution in [0.3, 0.4) is 0 Å². The van der Waals surface area contributed by atoms with Crippen LogP contribution in [0, 0.1) is 5.41 Å². The predicted molar refractivity (Wildman–Crippen MR) is 83.5 cm³/mol. The molecular formula is C14H27NO6S. The van der Waals surface area contributed by atoms with E-state index in [0.29, 0.717) is 6.42 Å². The highest BCUT2D eigenvalue weighted by Crippen LogP contribution is 2.29. The molecule has 130 valence electrons. The van der Waals surface area contributed by atoms with Crippen LogP contribution in [-0.2, 0) is 19.4 Å². The van der Waals surface area contributed by atoms with Crippen LogP contribution in [0.4, 0.5) is 4.79 Å². The van der Waals surface area contributed by atoms with Gasteiger partial charge in [0.15, 0.2) is 0 Å². The number of hydrogen-bond donors (Lipinski definition) is 2. The van der Waals surface area contributed by atoms with Crippen LogP contribution in [0.5, 0.6) is 0 Å². The van der Waals surface area contributed by atoms with Gasteiger partial charge in [0, 0.05) is 12.8 Å². The lowest BCUT2D eigenvalue weighted by Gasteiger charge is -2.30. The first-order valence-electron chi connectivity index (χ1n) is 7.19. The van der Waals surface area contributed by atoms with Gasteiger partial charge in [-0.2, -0.15) is 0 Å². The van der Waals surface area contributed by atoms with E-state index in [1.165, 1.54) is 0 Å². The predicted octanol–water partition coefficient (Wildman–Crippen LogP) is 1.82. The molecule has 0 saturated heterocycles.